The van der Waals surface area contributed by atoms with Crippen molar-refractivity contribution in [1.82, 2.24) is 0 Å². The van der Waals surface area contributed by atoms with Crippen LogP contribution in [0.3, 0.4) is 0 Å². The molecule has 0 spiro atoms. The molecule has 0 radical (unpaired) electrons. The molecular weight excluding hydrogens is 422 g/mol. The first-order valence-electron chi connectivity index (χ1n) is 10.6. The molecular formula is C26H25NO4S. The third-order valence-corrected chi connectivity index (χ3v) is 6.30. The van der Waals surface area contributed by atoms with Gasteiger partial charge in [-0.2, -0.15) is 0 Å². The lowest BCUT2D eigenvalue weighted by molar-refractivity contribution is 0.0335. The Hall–Kier alpha value is -3.09. The first-order valence-corrected chi connectivity index (χ1v) is 11.4. The molecule has 0 unspecified atom stereocenters. The second kappa shape index (κ2) is 10.0. The van der Waals surface area contributed by atoms with Crippen LogP contribution in [0.1, 0.15) is 38.8 Å². The number of ether oxygens (including phenoxy) is 2. The maximum absolute atomic E-state index is 13.6. The van der Waals surface area contributed by atoms with E-state index in [0.717, 1.165) is 20.9 Å². The van der Waals surface area contributed by atoms with Crippen LogP contribution in [0.4, 0.5) is 5.69 Å². The number of hydrogen-bond acceptors (Lipinski definition) is 5. The van der Waals surface area contributed by atoms with Crippen LogP contribution in [0.25, 0.3) is 0 Å². The van der Waals surface area contributed by atoms with Gasteiger partial charge < -0.3 is 14.4 Å². The van der Waals surface area contributed by atoms with Crippen LogP contribution in [0.2, 0.25) is 0 Å². The Morgan fingerprint density at radius 3 is 2.62 bits per heavy atom. The number of anilines is 1. The van der Waals surface area contributed by atoms with Crippen molar-refractivity contribution in [2.24, 2.45) is 0 Å². The molecule has 6 heteroatoms. The van der Waals surface area contributed by atoms with Gasteiger partial charge in [0.2, 0.25) is 0 Å². The van der Waals surface area contributed by atoms with Gasteiger partial charge >= 0.3 is 5.97 Å². The van der Waals surface area contributed by atoms with Crippen molar-refractivity contribution in [3.05, 3.63) is 89.0 Å². The van der Waals surface area contributed by atoms with Gasteiger partial charge in [0.15, 0.2) is 0 Å². The monoisotopic (exact) mass is 447 g/mol. The maximum atomic E-state index is 13.6. The normalized spacial score (nSPS) is 12.7. The summed E-state index contributed by atoms with van der Waals surface area (Å²) in [6, 6.07) is 21.1. The molecule has 1 aliphatic rings. The molecule has 5 nitrogen and oxygen atoms in total. The van der Waals surface area contributed by atoms with E-state index >= 15 is 0 Å². The summed E-state index contributed by atoms with van der Waals surface area (Å²) >= 11 is 1.53. The molecule has 0 fully saturated rings. The second-order valence-electron chi connectivity index (χ2n) is 7.49. The number of rotatable bonds is 7. The Bertz CT molecular complexity index is 1140. The zero-order chi connectivity index (χ0) is 22.5. The number of esters is 1. The number of carbonyl (C=O) groups excluding carboxylic acids is 2. The third kappa shape index (κ3) is 4.87. The van der Waals surface area contributed by atoms with Gasteiger partial charge in [-0.3, -0.25) is 4.79 Å². The van der Waals surface area contributed by atoms with Crippen LogP contribution < -0.4 is 4.90 Å². The lowest BCUT2D eigenvalue weighted by Crippen LogP contribution is -2.30. The molecule has 1 aliphatic heterocycles. The minimum Gasteiger partial charge on any atom is -0.460 e. The Morgan fingerprint density at radius 2 is 1.81 bits per heavy atom. The summed E-state index contributed by atoms with van der Waals surface area (Å²) in [5.74, 6) is -0.516. The molecule has 4 rings (SSSR count). The average molecular weight is 448 g/mol. The van der Waals surface area contributed by atoms with Crippen molar-refractivity contribution in [2.45, 2.75) is 30.2 Å². The quantitative estimate of drug-likeness (QED) is 0.354. The number of aryl methyl sites for hydroxylation is 1. The van der Waals surface area contributed by atoms with Crippen LogP contribution in [0, 0.1) is 6.92 Å². The number of carbonyl (C=O) groups is 2. The highest BCUT2D eigenvalue weighted by molar-refractivity contribution is 7.99. The minimum absolute atomic E-state index is 0.0878. The molecule has 1 heterocycles. The summed E-state index contributed by atoms with van der Waals surface area (Å²) in [4.78, 5) is 29.8. The van der Waals surface area contributed by atoms with E-state index in [2.05, 4.69) is 6.07 Å². The fourth-order valence-electron chi connectivity index (χ4n) is 3.62. The average Bonchev–Trinajstić information content (AvgIpc) is 2.91. The molecule has 0 aliphatic carbocycles. The number of nitrogens with zero attached hydrogens (tertiary/aromatic N) is 1. The highest BCUT2D eigenvalue weighted by atomic mass is 32.2. The van der Waals surface area contributed by atoms with Gasteiger partial charge in [-0.15, -0.1) is 0 Å². The molecule has 0 N–H and O–H groups in total. The van der Waals surface area contributed by atoms with Gasteiger partial charge in [0, 0.05) is 16.4 Å². The van der Waals surface area contributed by atoms with Gasteiger partial charge in [0.05, 0.1) is 30.0 Å². The van der Waals surface area contributed by atoms with E-state index in [1.165, 1.54) is 11.8 Å². The SMILES string of the molecule is CCOCCOC(=O)c1ccc2c(c1)N(Cc1cccc(C)c1)C(=O)c1ccccc1S2. The largest absolute Gasteiger partial charge is 0.460 e. The molecule has 32 heavy (non-hydrogen) atoms. The Kier molecular flexibility index (Phi) is 6.93. The first kappa shape index (κ1) is 22.1. The van der Waals surface area contributed by atoms with Crippen LogP contribution in [-0.2, 0) is 16.0 Å². The molecule has 0 saturated heterocycles. The summed E-state index contributed by atoms with van der Waals surface area (Å²) < 4.78 is 10.6. The summed E-state index contributed by atoms with van der Waals surface area (Å²) in [5, 5.41) is 0. The van der Waals surface area contributed by atoms with Crippen molar-refractivity contribution in [3.8, 4) is 0 Å². The first-order chi connectivity index (χ1) is 15.6. The zero-order valence-corrected chi connectivity index (χ0v) is 19.0. The number of amides is 1. The van der Waals surface area contributed by atoms with Gasteiger partial charge in [-0.05, 0) is 49.7 Å². The molecule has 0 saturated carbocycles. The van der Waals surface area contributed by atoms with Crippen molar-refractivity contribution >= 4 is 29.3 Å². The van der Waals surface area contributed by atoms with E-state index in [9.17, 15) is 9.59 Å². The van der Waals surface area contributed by atoms with Gasteiger partial charge in [-0.1, -0.05) is 53.7 Å². The van der Waals surface area contributed by atoms with Crippen LogP contribution in [-0.4, -0.2) is 31.7 Å². The predicted molar refractivity (Wildman–Crippen MR) is 125 cm³/mol. The number of benzene rings is 3. The topological polar surface area (TPSA) is 55.8 Å². The number of fused-ring (bicyclic) bond motifs is 2. The van der Waals surface area contributed by atoms with Crippen molar-refractivity contribution in [3.63, 3.8) is 0 Å². The minimum atomic E-state index is -0.429. The van der Waals surface area contributed by atoms with E-state index < -0.39 is 5.97 Å². The molecule has 164 valence electrons. The van der Waals surface area contributed by atoms with E-state index in [1.54, 1.807) is 17.0 Å². The Morgan fingerprint density at radius 1 is 0.969 bits per heavy atom. The van der Waals surface area contributed by atoms with Crippen molar-refractivity contribution in [1.29, 1.82) is 0 Å². The van der Waals surface area contributed by atoms with Gasteiger partial charge in [-0.25, -0.2) is 4.79 Å². The van der Waals surface area contributed by atoms with Crippen LogP contribution in [0.5, 0.6) is 0 Å². The Labute approximate surface area is 192 Å². The van der Waals surface area contributed by atoms with Gasteiger partial charge in [0.1, 0.15) is 6.61 Å². The smallest absolute Gasteiger partial charge is 0.338 e. The zero-order valence-electron chi connectivity index (χ0n) is 18.2. The highest BCUT2D eigenvalue weighted by Crippen LogP contribution is 2.42. The van der Waals surface area contributed by atoms with Crippen molar-refractivity contribution < 1.29 is 19.1 Å². The van der Waals surface area contributed by atoms with Crippen LogP contribution >= 0.6 is 11.8 Å². The Balaban J connectivity index is 1.71. The molecule has 3 aromatic rings. The fraction of sp³-hybridized carbons (Fsp3) is 0.231. The van der Waals surface area contributed by atoms with E-state index in [-0.39, 0.29) is 12.5 Å². The number of hydrogen-bond donors (Lipinski definition) is 0. The standard InChI is InChI=1S/C26H25NO4S/c1-3-30-13-14-31-26(29)20-11-12-24-22(16-20)27(17-19-8-6-7-18(2)15-19)25(28)21-9-4-5-10-23(21)32-24/h4-12,15-16H,3,13-14,17H2,1-2H3. The summed E-state index contributed by atoms with van der Waals surface area (Å²) in [5.41, 5.74) is 3.93. The third-order valence-electron chi connectivity index (χ3n) is 5.16. The van der Waals surface area contributed by atoms with Gasteiger partial charge in [0.25, 0.3) is 5.91 Å². The lowest BCUT2D eigenvalue weighted by atomic mass is 10.1. The molecule has 0 atom stereocenters. The molecule has 0 bridgehead atoms. The predicted octanol–water partition coefficient (Wildman–Crippen LogP) is 5.50. The maximum Gasteiger partial charge on any atom is 0.338 e. The summed E-state index contributed by atoms with van der Waals surface area (Å²) in [6.45, 7) is 5.45. The lowest BCUT2D eigenvalue weighted by Gasteiger charge is -2.24. The fourth-order valence-corrected chi connectivity index (χ4v) is 4.68. The van der Waals surface area contributed by atoms with Crippen molar-refractivity contribution in [2.75, 3.05) is 24.7 Å². The molecule has 0 aromatic heterocycles. The second-order valence-corrected chi connectivity index (χ2v) is 8.58. The van der Waals surface area contributed by atoms with E-state index in [4.69, 9.17) is 9.47 Å². The van der Waals surface area contributed by atoms with Crippen LogP contribution in [0.15, 0.2) is 76.5 Å². The van der Waals surface area contributed by atoms with E-state index in [1.807, 2.05) is 62.4 Å². The summed E-state index contributed by atoms with van der Waals surface area (Å²) in [7, 11) is 0. The highest BCUT2D eigenvalue weighted by Gasteiger charge is 2.28. The molecule has 3 aromatic carbocycles. The van der Waals surface area contributed by atoms with E-state index in [0.29, 0.717) is 36.6 Å². The molecule has 1 amide bonds. The summed E-state index contributed by atoms with van der Waals surface area (Å²) in [6.07, 6.45) is 0.